The molecule has 0 unspecified atom stereocenters. The lowest BCUT2D eigenvalue weighted by atomic mass is 10.00. The van der Waals surface area contributed by atoms with Crippen LogP contribution in [0, 0.1) is 0 Å². The molecule has 2 aliphatic rings. The number of hydrogen-bond acceptors (Lipinski definition) is 5. The Labute approximate surface area is 168 Å². The molecule has 0 atom stereocenters. The number of nitrogens with zero attached hydrogens (tertiary/aromatic N) is 1. The van der Waals surface area contributed by atoms with Crippen molar-refractivity contribution in [1.82, 2.24) is 10.3 Å². The van der Waals surface area contributed by atoms with Gasteiger partial charge in [-0.1, -0.05) is 6.07 Å². The molecule has 3 aromatic rings. The monoisotopic (exact) mass is 410 g/mol. The van der Waals surface area contributed by atoms with Crippen LogP contribution in [0.4, 0.5) is 0 Å². The van der Waals surface area contributed by atoms with Gasteiger partial charge in [-0.05, 0) is 35.2 Å². The molecule has 26 heavy (non-hydrogen) atoms. The standard InChI is InChI=1S/C19H18N2O2S.2ClH/c1-2-17-16(12-22-19(23-17)4-6-20-7-5-19)9-13(1)15-10-14-3-8-24-18(14)21-11-15;;/h1-3,8-11,20H,4-7,12H2;2*1H. The number of hydrogen-bond donors (Lipinski definition) is 1. The van der Waals surface area contributed by atoms with Crippen LogP contribution in [0.15, 0.2) is 41.9 Å². The number of aromatic nitrogens is 1. The van der Waals surface area contributed by atoms with E-state index in [1.165, 1.54) is 5.39 Å². The quantitative estimate of drug-likeness (QED) is 0.625. The van der Waals surface area contributed by atoms with Gasteiger partial charge in [0.15, 0.2) is 0 Å². The topological polar surface area (TPSA) is 43.4 Å². The molecule has 2 aliphatic heterocycles. The van der Waals surface area contributed by atoms with Gasteiger partial charge in [0.25, 0.3) is 0 Å². The number of piperidine rings is 1. The molecule has 1 N–H and O–H groups in total. The highest BCUT2D eigenvalue weighted by Gasteiger charge is 2.38. The van der Waals surface area contributed by atoms with Crippen LogP contribution in [0.25, 0.3) is 21.3 Å². The third kappa shape index (κ3) is 3.42. The Hall–Kier alpha value is -1.37. The van der Waals surface area contributed by atoms with Gasteiger partial charge in [0, 0.05) is 48.6 Å². The fourth-order valence-corrected chi connectivity index (χ4v) is 4.20. The molecule has 138 valence electrons. The first-order chi connectivity index (χ1) is 11.8. The molecule has 4 nitrogen and oxygen atoms in total. The normalized spacial score (nSPS) is 17.7. The van der Waals surface area contributed by atoms with Crippen LogP contribution in [0.2, 0.25) is 0 Å². The fraction of sp³-hybridized carbons (Fsp3) is 0.316. The average Bonchev–Trinajstić information content (AvgIpc) is 3.10. The van der Waals surface area contributed by atoms with Crippen molar-refractivity contribution in [2.24, 2.45) is 0 Å². The Kier molecular flexibility index (Phi) is 5.75. The Morgan fingerprint density at radius 2 is 1.88 bits per heavy atom. The molecule has 4 heterocycles. The van der Waals surface area contributed by atoms with Crippen molar-refractivity contribution in [2.45, 2.75) is 25.2 Å². The molecule has 1 fully saturated rings. The maximum atomic E-state index is 6.23. The third-order valence-electron chi connectivity index (χ3n) is 4.85. The number of fused-ring (bicyclic) bond motifs is 2. The van der Waals surface area contributed by atoms with E-state index in [4.69, 9.17) is 9.47 Å². The van der Waals surface area contributed by atoms with Gasteiger partial charge in [0.2, 0.25) is 5.79 Å². The minimum atomic E-state index is -0.434. The minimum absolute atomic E-state index is 0. The number of rotatable bonds is 1. The molecule has 1 aromatic carbocycles. The maximum Gasteiger partial charge on any atom is 0.213 e. The van der Waals surface area contributed by atoms with Crippen LogP contribution < -0.4 is 10.1 Å². The molecule has 5 rings (SSSR count). The lowest BCUT2D eigenvalue weighted by Crippen LogP contribution is -2.49. The molecular weight excluding hydrogens is 391 g/mol. The van der Waals surface area contributed by atoms with Crippen molar-refractivity contribution in [1.29, 1.82) is 0 Å². The number of pyridine rings is 1. The van der Waals surface area contributed by atoms with Crippen LogP contribution in [0.1, 0.15) is 18.4 Å². The molecular formula is C19H20Cl2N2O2S. The Morgan fingerprint density at radius 3 is 2.73 bits per heavy atom. The summed E-state index contributed by atoms with van der Waals surface area (Å²) in [4.78, 5) is 5.63. The molecule has 0 bridgehead atoms. The molecule has 0 radical (unpaired) electrons. The number of halogens is 2. The zero-order valence-corrected chi connectivity index (χ0v) is 16.5. The lowest BCUT2D eigenvalue weighted by Gasteiger charge is -2.41. The van der Waals surface area contributed by atoms with Crippen molar-refractivity contribution in [3.8, 4) is 16.9 Å². The van der Waals surface area contributed by atoms with Gasteiger partial charge >= 0.3 is 0 Å². The number of ether oxygens (including phenoxy) is 2. The fourth-order valence-electron chi connectivity index (χ4n) is 3.48. The average molecular weight is 411 g/mol. The second-order valence-electron chi connectivity index (χ2n) is 6.41. The summed E-state index contributed by atoms with van der Waals surface area (Å²) in [6.07, 6.45) is 3.74. The van der Waals surface area contributed by atoms with Gasteiger partial charge in [-0.2, -0.15) is 0 Å². The summed E-state index contributed by atoms with van der Waals surface area (Å²) in [5.41, 5.74) is 3.40. The van der Waals surface area contributed by atoms with Crippen molar-refractivity contribution >= 4 is 46.4 Å². The van der Waals surface area contributed by atoms with E-state index in [-0.39, 0.29) is 24.8 Å². The van der Waals surface area contributed by atoms with Gasteiger partial charge in [0.05, 0.1) is 6.61 Å². The molecule has 7 heteroatoms. The Balaban J connectivity index is 0.000000980. The van der Waals surface area contributed by atoms with Crippen molar-refractivity contribution in [3.63, 3.8) is 0 Å². The first-order valence-corrected chi connectivity index (χ1v) is 9.20. The maximum absolute atomic E-state index is 6.23. The Morgan fingerprint density at radius 1 is 1.04 bits per heavy atom. The number of thiophene rings is 1. The number of benzene rings is 1. The van der Waals surface area contributed by atoms with Crippen LogP contribution in [0.3, 0.4) is 0 Å². The molecule has 2 aromatic heterocycles. The van der Waals surface area contributed by atoms with Gasteiger partial charge in [-0.3, -0.25) is 0 Å². The first kappa shape index (κ1) is 19.4. The molecule has 0 aliphatic carbocycles. The highest BCUT2D eigenvalue weighted by Crippen LogP contribution is 2.38. The van der Waals surface area contributed by atoms with Crippen LogP contribution in [-0.2, 0) is 11.3 Å². The lowest BCUT2D eigenvalue weighted by molar-refractivity contribution is -0.218. The van der Waals surface area contributed by atoms with Crippen molar-refractivity contribution in [3.05, 3.63) is 47.5 Å². The smallest absolute Gasteiger partial charge is 0.213 e. The largest absolute Gasteiger partial charge is 0.462 e. The second-order valence-corrected chi connectivity index (χ2v) is 7.31. The van der Waals surface area contributed by atoms with Crippen molar-refractivity contribution < 1.29 is 9.47 Å². The minimum Gasteiger partial charge on any atom is -0.462 e. The van der Waals surface area contributed by atoms with Crippen LogP contribution >= 0.6 is 36.2 Å². The van der Waals surface area contributed by atoms with Gasteiger partial charge in [0.1, 0.15) is 10.6 Å². The SMILES string of the molecule is Cl.Cl.c1cc2cc(-c3ccc4c(c3)COC3(CCNCC3)O4)cnc2s1. The van der Waals surface area contributed by atoms with Crippen molar-refractivity contribution in [2.75, 3.05) is 13.1 Å². The van der Waals surface area contributed by atoms with Gasteiger partial charge in [-0.25, -0.2) is 4.98 Å². The summed E-state index contributed by atoms with van der Waals surface area (Å²) in [5.74, 6) is 0.521. The van der Waals surface area contributed by atoms with Gasteiger partial charge < -0.3 is 14.8 Å². The van der Waals surface area contributed by atoms with E-state index >= 15 is 0 Å². The van der Waals surface area contributed by atoms with Gasteiger partial charge in [-0.15, -0.1) is 36.2 Å². The van der Waals surface area contributed by atoms with E-state index in [9.17, 15) is 0 Å². The van der Waals surface area contributed by atoms with E-state index in [1.807, 2.05) is 6.20 Å². The van der Waals surface area contributed by atoms with Crippen LogP contribution in [-0.4, -0.2) is 23.9 Å². The van der Waals surface area contributed by atoms with E-state index in [0.29, 0.717) is 6.61 Å². The third-order valence-corrected chi connectivity index (χ3v) is 5.69. The molecule has 1 spiro atoms. The summed E-state index contributed by atoms with van der Waals surface area (Å²) >= 11 is 1.67. The summed E-state index contributed by atoms with van der Waals surface area (Å²) in [7, 11) is 0. The first-order valence-electron chi connectivity index (χ1n) is 8.32. The molecule has 1 saturated heterocycles. The predicted octanol–water partition coefficient (Wildman–Crippen LogP) is 4.80. The number of nitrogens with one attached hydrogen (secondary N) is 1. The molecule has 0 saturated carbocycles. The summed E-state index contributed by atoms with van der Waals surface area (Å²) in [6, 6.07) is 10.7. The van der Waals surface area contributed by atoms with E-state index in [0.717, 1.165) is 53.2 Å². The van der Waals surface area contributed by atoms with E-state index in [2.05, 4.69) is 46.0 Å². The van der Waals surface area contributed by atoms with Crippen LogP contribution in [0.5, 0.6) is 5.75 Å². The second kappa shape index (κ2) is 7.71. The highest BCUT2D eigenvalue weighted by atomic mass is 35.5. The summed E-state index contributed by atoms with van der Waals surface area (Å²) in [6.45, 7) is 2.50. The summed E-state index contributed by atoms with van der Waals surface area (Å²) in [5, 5.41) is 6.63. The predicted molar refractivity (Wildman–Crippen MR) is 110 cm³/mol. The zero-order chi connectivity index (χ0) is 16.0. The molecule has 0 amide bonds. The Bertz CT molecular complexity index is 909. The summed E-state index contributed by atoms with van der Waals surface area (Å²) < 4.78 is 12.3. The zero-order valence-electron chi connectivity index (χ0n) is 14.1. The van der Waals surface area contributed by atoms with E-state index in [1.54, 1.807) is 11.3 Å². The van der Waals surface area contributed by atoms with E-state index < -0.39 is 5.79 Å². The highest BCUT2D eigenvalue weighted by molar-refractivity contribution is 7.16.